The van der Waals surface area contributed by atoms with E-state index in [1.165, 1.54) is 13.8 Å². The molecule has 0 aromatic carbocycles. The summed E-state index contributed by atoms with van der Waals surface area (Å²) in [6.07, 6.45) is -16.4. The van der Waals surface area contributed by atoms with E-state index in [0.29, 0.717) is 11.8 Å². The summed E-state index contributed by atoms with van der Waals surface area (Å²) >= 11 is 0.711. The van der Waals surface area contributed by atoms with Crippen LogP contribution in [0.25, 0.3) is 0 Å². The lowest BCUT2D eigenvalue weighted by Crippen LogP contribution is -2.67. The zero-order valence-electron chi connectivity index (χ0n) is 39.9. The fraction of sp³-hybridized carbons (Fsp3) is 0.732. The van der Waals surface area contributed by atoms with E-state index in [2.05, 4.69) is 20.7 Å². The highest BCUT2D eigenvalue weighted by Crippen LogP contribution is 2.38. The summed E-state index contributed by atoms with van der Waals surface area (Å²) in [4.78, 5) is 139. The maximum Gasteiger partial charge on any atom is 0.408 e. The number of nitrogens with one attached hydrogen (secondary N) is 3. The number of carbonyl (C=O) groups excluding carboxylic acids is 11. The molecule has 0 bridgehead atoms. The van der Waals surface area contributed by atoms with Gasteiger partial charge in [0.25, 0.3) is 0 Å². The molecule has 0 spiro atoms. The standard InChI is InChI=1S/C41H61N3O23S/c1-17(35(52)43-18(2)37(54)56-13)42-36(53)26(44-40(55)67-41(10,11)12)16-68-39-34(63-25(9)51)32(61-23(7)49)30(28(65-39)15-58-20(4)46)66-38-33(62-24(8)50)31(60-22(6)48)29(59-21(5)47)27(64-38)14-57-19(3)45/h17-18,26-34,38-39H,14-16H2,1-13H3,(H,42,53)(H,43,52)(H,44,55)/t17-,18-,26-,27+,28+,29-,30+,31-,32-,33+,34+,38-,39-/m0/s1. The van der Waals surface area contributed by atoms with E-state index >= 15 is 0 Å². The summed E-state index contributed by atoms with van der Waals surface area (Å²) in [7, 11) is 1.12. The Morgan fingerprint density at radius 2 is 0.985 bits per heavy atom. The monoisotopic (exact) mass is 995 g/mol. The van der Waals surface area contributed by atoms with E-state index in [9.17, 15) is 52.7 Å². The van der Waals surface area contributed by atoms with Crippen LogP contribution in [0.5, 0.6) is 0 Å². The van der Waals surface area contributed by atoms with Crippen LogP contribution in [-0.4, -0.2) is 176 Å². The van der Waals surface area contributed by atoms with Crippen LogP contribution in [-0.2, 0) is 105 Å². The van der Waals surface area contributed by atoms with Gasteiger partial charge in [-0.1, -0.05) is 0 Å². The van der Waals surface area contributed by atoms with E-state index in [1.54, 1.807) is 20.8 Å². The molecule has 3 N–H and O–H groups in total. The van der Waals surface area contributed by atoms with Crippen LogP contribution < -0.4 is 16.0 Å². The Labute approximate surface area is 395 Å². The molecule has 2 heterocycles. The minimum absolute atomic E-state index is 0.460. The fourth-order valence-corrected chi connectivity index (χ4v) is 7.62. The Hall–Kier alpha value is -5.80. The number of hydrogen-bond donors (Lipinski definition) is 3. The van der Waals surface area contributed by atoms with Crippen molar-refractivity contribution in [1.29, 1.82) is 0 Å². The number of rotatable bonds is 20. The number of methoxy groups -OCH3 is 1. The van der Waals surface area contributed by atoms with Crippen LogP contribution in [0, 0.1) is 0 Å². The minimum Gasteiger partial charge on any atom is -0.467 e. The van der Waals surface area contributed by atoms with Gasteiger partial charge in [0.1, 0.15) is 60.7 Å². The summed E-state index contributed by atoms with van der Waals surface area (Å²) in [5.74, 6) is -9.45. The zero-order chi connectivity index (χ0) is 51.8. The maximum absolute atomic E-state index is 13.8. The van der Waals surface area contributed by atoms with Crippen LogP contribution in [0.15, 0.2) is 0 Å². The second-order valence-electron chi connectivity index (χ2n) is 16.2. The molecule has 26 nitrogen and oxygen atoms in total. The molecule has 0 radical (unpaired) electrons. The lowest BCUT2D eigenvalue weighted by Gasteiger charge is -2.48. The van der Waals surface area contributed by atoms with Gasteiger partial charge < -0.3 is 72.8 Å². The van der Waals surface area contributed by atoms with Gasteiger partial charge in [-0.3, -0.25) is 43.2 Å². The number of ether oxygens (including phenoxy) is 12. The van der Waals surface area contributed by atoms with Crippen molar-refractivity contribution in [2.75, 3.05) is 26.1 Å². The number of carbonyl (C=O) groups is 11. The van der Waals surface area contributed by atoms with Crippen molar-refractivity contribution in [3.63, 3.8) is 0 Å². The normalized spacial score (nSPS) is 25.8. The van der Waals surface area contributed by atoms with Gasteiger partial charge in [-0.05, 0) is 34.6 Å². The van der Waals surface area contributed by atoms with Crippen LogP contribution >= 0.6 is 11.8 Å². The van der Waals surface area contributed by atoms with Gasteiger partial charge in [0, 0.05) is 54.2 Å². The number of alkyl carbamates (subject to hydrolysis) is 1. The Balaban J connectivity index is 2.74. The van der Waals surface area contributed by atoms with Gasteiger partial charge in [-0.25, -0.2) is 9.59 Å². The van der Waals surface area contributed by atoms with Crippen molar-refractivity contribution in [2.24, 2.45) is 0 Å². The molecule has 3 amide bonds. The summed E-state index contributed by atoms with van der Waals surface area (Å²) in [5.41, 5.74) is -2.54. The lowest BCUT2D eigenvalue weighted by atomic mass is 9.96. The summed E-state index contributed by atoms with van der Waals surface area (Å²) in [6.45, 7) is 13.1. The Morgan fingerprint density at radius 3 is 1.46 bits per heavy atom. The molecule has 13 atom stereocenters. The van der Waals surface area contributed by atoms with Crippen molar-refractivity contribution >= 4 is 77.4 Å². The first-order valence-electron chi connectivity index (χ1n) is 20.9. The average molecular weight is 996 g/mol. The van der Waals surface area contributed by atoms with Gasteiger partial charge in [-0.2, -0.15) is 0 Å². The highest BCUT2D eigenvalue weighted by Gasteiger charge is 2.57. The Kier molecular flexibility index (Phi) is 22.9. The molecule has 27 heteroatoms. The van der Waals surface area contributed by atoms with E-state index in [-0.39, 0.29) is 0 Å². The van der Waals surface area contributed by atoms with Gasteiger partial charge in [0.15, 0.2) is 36.8 Å². The van der Waals surface area contributed by atoms with E-state index in [4.69, 9.17) is 52.1 Å². The second-order valence-corrected chi connectivity index (χ2v) is 17.3. The first-order valence-corrected chi connectivity index (χ1v) is 22.0. The molecular weight excluding hydrogens is 935 g/mol. The van der Waals surface area contributed by atoms with Crippen LogP contribution in [0.4, 0.5) is 4.79 Å². The predicted octanol–water partition coefficient (Wildman–Crippen LogP) is -0.585. The van der Waals surface area contributed by atoms with E-state index in [1.807, 2.05) is 0 Å². The van der Waals surface area contributed by atoms with Crippen molar-refractivity contribution in [1.82, 2.24) is 16.0 Å². The van der Waals surface area contributed by atoms with Crippen LogP contribution in [0.3, 0.4) is 0 Å². The van der Waals surface area contributed by atoms with Crippen molar-refractivity contribution < 1.29 is 110 Å². The molecular formula is C41H61N3O23S. The predicted molar refractivity (Wildman–Crippen MR) is 226 cm³/mol. The van der Waals surface area contributed by atoms with Crippen LogP contribution in [0.1, 0.15) is 83.1 Å². The zero-order valence-corrected chi connectivity index (χ0v) is 40.7. The summed E-state index contributed by atoms with van der Waals surface area (Å²) in [5, 5.41) is 7.23. The van der Waals surface area contributed by atoms with Gasteiger partial charge >= 0.3 is 53.8 Å². The van der Waals surface area contributed by atoms with Crippen molar-refractivity contribution in [3.05, 3.63) is 0 Å². The molecule has 0 unspecified atom stereocenters. The first kappa shape index (κ1) is 58.3. The number of hydrogen-bond acceptors (Lipinski definition) is 24. The topological polar surface area (TPSA) is 335 Å². The highest BCUT2D eigenvalue weighted by atomic mass is 32.2. The van der Waals surface area contributed by atoms with Gasteiger partial charge in [0.05, 0.1) is 7.11 Å². The van der Waals surface area contributed by atoms with E-state index < -0.39 is 169 Å². The SMILES string of the molecule is COC(=O)[C@H](C)NC(=O)[C@H](C)NC(=O)[C@H](CS[C@@H]1O[C@H](COC(C)=O)[C@@H](O[C@@H]2O[C@H](COC(C)=O)[C@H](OC(C)=O)[C@H](OC(C)=O)[C@H]2OC(C)=O)[C@H](OC(C)=O)[C@H]1OC(C)=O)NC(=O)OC(C)(C)C. The van der Waals surface area contributed by atoms with E-state index in [0.717, 1.165) is 55.6 Å². The number of esters is 8. The van der Waals surface area contributed by atoms with Crippen molar-refractivity contribution in [2.45, 2.75) is 167 Å². The first-order chi connectivity index (χ1) is 31.5. The molecule has 2 saturated heterocycles. The van der Waals surface area contributed by atoms with Gasteiger partial charge in [-0.15, -0.1) is 11.8 Å². The second kappa shape index (κ2) is 26.7. The maximum atomic E-state index is 13.8. The van der Waals surface area contributed by atoms with Crippen LogP contribution in [0.2, 0.25) is 0 Å². The molecule has 0 saturated carbocycles. The Bertz CT molecular complexity index is 1860. The highest BCUT2D eigenvalue weighted by molar-refractivity contribution is 7.99. The molecule has 384 valence electrons. The molecule has 68 heavy (non-hydrogen) atoms. The summed E-state index contributed by atoms with van der Waals surface area (Å²) in [6, 6.07) is -3.95. The molecule has 2 aliphatic rings. The molecule has 0 aliphatic carbocycles. The molecule has 0 aromatic heterocycles. The van der Waals surface area contributed by atoms with Crippen molar-refractivity contribution in [3.8, 4) is 0 Å². The lowest BCUT2D eigenvalue weighted by molar-refractivity contribution is -0.341. The Morgan fingerprint density at radius 1 is 0.544 bits per heavy atom. The number of thioether (sulfide) groups is 1. The molecule has 2 aliphatic heterocycles. The minimum atomic E-state index is -1.93. The molecule has 0 aromatic rings. The third kappa shape index (κ3) is 19.4. The smallest absolute Gasteiger partial charge is 0.408 e. The average Bonchev–Trinajstić information content (AvgIpc) is 3.19. The molecule has 2 fully saturated rings. The number of amides is 3. The largest absolute Gasteiger partial charge is 0.467 e. The molecule has 2 rings (SSSR count). The third-order valence-corrected chi connectivity index (χ3v) is 10.2. The summed E-state index contributed by atoms with van der Waals surface area (Å²) < 4.78 is 67.0. The third-order valence-electron chi connectivity index (χ3n) is 8.99. The fourth-order valence-electron chi connectivity index (χ4n) is 6.38. The van der Waals surface area contributed by atoms with Gasteiger partial charge in [0.2, 0.25) is 11.8 Å². The quantitative estimate of drug-likeness (QED) is 0.101.